The predicted octanol–water partition coefficient (Wildman–Crippen LogP) is 5.34. The summed E-state index contributed by atoms with van der Waals surface area (Å²) in [4.78, 5) is 56.0. The first-order valence-electron chi connectivity index (χ1n) is 15.6. The second kappa shape index (κ2) is 10.1. The molecule has 6 heteroatoms. The molecule has 10 atom stereocenters. The van der Waals surface area contributed by atoms with E-state index in [1.165, 1.54) is 6.42 Å². The molecule has 4 amide bonds. The molecule has 37 heavy (non-hydrogen) atoms. The van der Waals surface area contributed by atoms with Gasteiger partial charge in [0.1, 0.15) is 0 Å². The molecule has 0 aromatic heterocycles. The van der Waals surface area contributed by atoms with Crippen molar-refractivity contribution in [3.8, 4) is 0 Å². The van der Waals surface area contributed by atoms with Gasteiger partial charge < -0.3 is 0 Å². The van der Waals surface area contributed by atoms with Crippen LogP contribution in [0.15, 0.2) is 0 Å². The Kier molecular flexibility index (Phi) is 6.98. The summed E-state index contributed by atoms with van der Waals surface area (Å²) in [5.41, 5.74) is 0. The van der Waals surface area contributed by atoms with Crippen LogP contribution in [0.1, 0.15) is 110 Å². The van der Waals surface area contributed by atoms with E-state index in [2.05, 4.69) is 13.8 Å². The monoisotopic (exact) mass is 510 g/mol. The van der Waals surface area contributed by atoms with Crippen LogP contribution in [0.2, 0.25) is 0 Å². The molecule has 10 unspecified atom stereocenters. The van der Waals surface area contributed by atoms with Crippen LogP contribution in [0.5, 0.6) is 0 Å². The van der Waals surface area contributed by atoms with Gasteiger partial charge in [-0.05, 0) is 94.3 Å². The van der Waals surface area contributed by atoms with Gasteiger partial charge in [-0.2, -0.15) is 0 Å². The van der Waals surface area contributed by atoms with E-state index in [-0.39, 0.29) is 59.4 Å². The summed E-state index contributed by atoms with van der Waals surface area (Å²) in [6.45, 7) is 4.51. The van der Waals surface area contributed by atoms with E-state index in [1.807, 2.05) is 0 Å². The maximum atomic E-state index is 13.2. The molecule has 2 aliphatic heterocycles. The van der Waals surface area contributed by atoms with E-state index >= 15 is 0 Å². The van der Waals surface area contributed by atoms with Crippen LogP contribution in [0, 0.1) is 47.3 Å². The molecule has 0 aromatic rings. The molecule has 6 rings (SSSR count). The third-order valence-electron chi connectivity index (χ3n) is 11.5. The Morgan fingerprint density at radius 1 is 0.514 bits per heavy atom. The maximum Gasteiger partial charge on any atom is 0.233 e. The first-order chi connectivity index (χ1) is 17.8. The van der Waals surface area contributed by atoms with Gasteiger partial charge >= 0.3 is 0 Å². The smallest absolute Gasteiger partial charge is 0.233 e. The summed E-state index contributed by atoms with van der Waals surface area (Å²) < 4.78 is 0. The molecular weight excluding hydrogens is 464 g/mol. The van der Waals surface area contributed by atoms with Crippen molar-refractivity contribution >= 4 is 23.6 Å². The second-order valence-electron chi connectivity index (χ2n) is 13.8. The Bertz CT molecular complexity index is 825. The number of rotatable bonds is 4. The van der Waals surface area contributed by atoms with Gasteiger partial charge in [0.25, 0.3) is 0 Å². The average Bonchev–Trinajstić information content (AvgIpc) is 3.30. The molecule has 0 aromatic carbocycles. The van der Waals surface area contributed by atoms with Crippen molar-refractivity contribution in [1.29, 1.82) is 0 Å². The van der Waals surface area contributed by atoms with Crippen molar-refractivity contribution in [1.82, 2.24) is 9.80 Å². The zero-order valence-corrected chi connectivity index (χ0v) is 22.9. The van der Waals surface area contributed by atoms with Crippen molar-refractivity contribution in [3.05, 3.63) is 0 Å². The molecule has 2 heterocycles. The molecule has 6 fully saturated rings. The molecule has 4 saturated carbocycles. The summed E-state index contributed by atoms with van der Waals surface area (Å²) in [6.07, 6.45) is 15.4. The molecule has 204 valence electrons. The van der Waals surface area contributed by atoms with Crippen molar-refractivity contribution in [3.63, 3.8) is 0 Å². The molecule has 4 aliphatic carbocycles. The van der Waals surface area contributed by atoms with Crippen molar-refractivity contribution in [2.24, 2.45) is 47.3 Å². The summed E-state index contributed by atoms with van der Waals surface area (Å²) >= 11 is 0. The van der Waals surface area contributed by atoms with Gasteiger partial charge in [0.15, 0.2) is 0 Å². The maximum absolute atomic E-state index is 13.2. The molecule has 2 saturated heterocycles. The van der Waals surface area contributed by atoms with Gasteiger partial charge in [-0.15, -0.1) is 0 Å². The molecule has 0 spiro atoms. The highest BCUT2D eigenvalue weighted by molar-refractivity contribution is 6.06. The highest BCUT2D eigenvalue weighted by Crippen LogP contribution is 2.46. The molecule has 0 N–H and O–H groups in total. The SMILES string of the molecule is CC1CC(CC2CCC(N3C(=O)C4CCCCC4C3=O)C(C)C2)CCC1N1C(=O)C2CCCCC2C1=O. The minimum Gasteiger partial charge on any atom is -0.279 e. The van der Waals surface area contributed by atoms with E-state index in [1.54, 1.807) is 9.80 Å². The largest absolute Gasteiger partial charge is 0.279 e. The van der Waals surface area contributed by atoms with Gasteiger partial charge in [-0.25, -0.2) is 0 Å². The topological polar surface area (TPSA) is 74.8 Å². The number of amides is 4. The van der Waals surface area contributed by atoms with Crippen LogP contribution in [0.4, 0.5) is 0 Å². The van der Waals surface area contributed by atoms with E-state index < -0.39 is 0 Å². The molecule has 0 bridgehead atoms. The van der Waals surface area contributed by atoms with Gasteiger partial charge in [0.2, 0.25) is 23.6 Å². The van der Waals surface area contributed by atoms with Crippen LogP contribution in [0.3, 0.4) is 0 Å². The highest BCUT2D eigenvalue weighted by Gasteiger charge is 2.53. The fourth-order valence-electron chi connectivity index (χ4n) is 9.68. The number of carbonyl (C=O) groups is 4. The van der Waals surface area contributed by atoms with Gasteiger partial charge in [-0.1, -0.05) is 39.5 Å². The highest BCUT2D eigenvalue weighted by atomic mass is 16.2. The number of hydrogen-bond acceptors (Lipinski definition) is 4. The molecule has 6 nitrogen and oxygen atoms in total. The number of imide groups is 2. The third kappa shape index (κ3) is 4.38. The van der Waals surface area contributed by atoms with Crippen LogP contribution >= 0.6 is 0 Å². The van der Waals surface area contributed by atoms with Crippen molar-refractivity contribution in [2.45, 2.75) is 122 Å². The molecular formula is C31H46N2O4. The van der Waals surface area contributed by atoms with Crippen molar-refractivity contribution < 1.29 is 19.2 Å². The van der Waals surface area contributed by atoms with E-state index in [9.17, 15) is 19.2 Å². The fourth-order valence-corrected chi connectivity index (χ4v) is 9.68. The van der Waals surface area contributed by atoms with Gasteiger partial charge in [0, 0.05) is 12.1 Å². The number of hydrogen-bond donors (Lipinski definition) is 0. The Balaban J connectivity index is 1.03. The van der Waals surface area contributed by atoms with E-state index in [0.717, 1.165) is 89.9 Å². The van der Waals surface area contributed by atoms with Crippen LogP contribution in [-0.4, -0.2) is 45.5 Å². The Hall–Kier alpha value is -1.72. The predicted molar refractivity (Wildman–Crippen MR) is 140 cm³/mol. The van der Waals surface area contributed by atoms with Crippen LogP contribution in [-0.2, 0) is 19.2 Å². The number of fused-ring (bicyclic) bond motifs is 2. The molecule has 6 aliphatic rings. The number of nitrogens with zero attached hydrogens (tertiary/aromatic N) is 2. The Morgan fingerprint density at radius 2 is 0.838 bits per heavy atom. The van der Waals surface area contributed by atoms with E-state index in [0.29, 0.717) is 23.7 Å². The second-order valence-corrected chi connectivity index (χ2v) is 13.8. The molecule has 0 radical (unpaired) electrons. The Labute approximate surface area is 222 Å². The summed E-state index contributed by atoms with van der Waals surface area (Å²) in [5.74, 6) is 2.37. The first-order valence-corrected chi connectivity index (χ1v) is 15.6. The standard InChI is InChI=1S/C31H46N2O4/c1-18-15-20(11-13-26(18)32-28(34)22-7-3-4-8-23(22)29(32)35)17-21-12-14-27(19(2)16-21)33-30(36)24-9-5-6-10-25(24)31(33)37/h18-27H,3-17H2,1-2H3. The fraction of sp³-hybridized carbons (Fsp3) is 0.871. The quantitative estimate of drug-likeness (QED) is 0.479. The minimum absolute atomic E-state index is 0.0406. The first kappa shape index (κ1) is 25.6. The Morgan fingerprint density at radius 3 is 1.14 bits per heavy atom. The lowest BCUT2D eigenvalue weighted by Crippen LogP contribution is -2.48. The zero-order chi connectivity index (χ0) is 25.8. The lowest BCUT2D eigenvalue weighted by molar-refractivity contribution is -0.146. The zero-order valence-electron chi connectivity index (χ0n) is 22.9. The normalized spacial score (nSPS) is 44.8. The van der Waals surface area contributed by atoms with Crippen LogP contribution in [0.25, 0.3) is 0 Å². The van der Waals surface area contributed by atoms with Crippen molar-refractivity contribution in [2.75, 3.05) is 0 Å². The lowest BCUT2D eigenvalue weighted by atomic mass is 9.70. The number of likely N-dealkylation sites (tertiary alicyclic amines) is 2. The van der Waals surface area contributed by atoms with Gasteiger partial charge in [0.05, 0.1) is 23.7 Å². The summed E-state index contributed by atoms with van der Waals surface area (Å²) in [5, 5.41) is 0. The number of carbonyl (C=O) groups excluding carboxylic acids is 4. The third-order valence-corrected chi connectivity index (χ3v) is 11.5. The van der Waals surface area contributed by atoms with E-state index in [4.69, 9.17) is 0 Å². The average molecular weight is 511 g/mol. The van der Waals surface area contributed by atoms with Crippen LogP contribution < -0.4 is 0 Å². The lowest BCUT2D eigenvalue weighted by Gasteiger charge is -2.42. The summed E-state index contributed by atoms with van der Waals surface area (Å²) in [6, 6.07) is 0.180. The minimum atomic E-state index is -0.0406. The van der Waals surface area contributed by atoms with Gasteiger partial charge in [-0.3, -0.25) is 29.0 Å². The summed E-state index contributed by atoms with van der Waals surface area (Å²) in [7, 11) is 0.